The second-order valence-electron chi connectivity index (χ2n) is 4.70. The van der Waals surface area contributed by atoms with Crippen LogP contribution < -0.4 is 0 Å². The second-order valence-corrected chi connectivity index (χ2v) is 4.70. The van der Waals surface area contributed by atoms with E-state index in [0.29, 0.717) is 26.1 Å². The van der Waals surface area contributed by atoms with Crippen molar-refractivity contribution in [1.82, 2.24) is 14.7 Å². The minimum Gasteiger partial charge on any atom is -0.481 e. The minimum absolute atomic E-state index is 0.399. The quantitative estimate of drug-likeness (QED) is 0.799. The maximum absolute atomic E-state index is 10.9. The van der Waals surface area contributed by atoms with Gasteiger partial charge in [-0.05, 0) is 26.0 Å². The Balaban J connectivity index is 1.90. The van der Waals surface area contributed by atoms with Crippen LogP contribution in [0.25, 0.3) is 0 Å². The van der Waals surface area contributed by atoms with Gasteiger partial charge in [0.2, 0.25) is 0 Å². The summed E-state index contributed by atoms with van der Waals surface area (Å²) >= 11 is 0. The van der Waals surface area contributed by atoms with Gasteiger partial charge in [0.25, 0.3) is 0 Å². The van der Waals surface area contributed by atoms with Crippen molar-refractivity contribution in [3.8, 4) is 0 Å². The Labute approximate surface area is 106 Å². The van der Waals surface area contributed by atoms with Crippen LogP contribution in [-0.4, -0.2) is 50.1 Å². The molecule has 0 aromatic carbocycles. The first-order valence-electron chi connectivity index (χ1n) is 6.25. The number of aliphatic hydroxyl groups is 1. The van der Waals surface area contributed by atoms with E-state index in [1.54, 1.807) is 0 Å². The zero-order chi connectivity index (χ0) is 13.1. The number of likely N-dealkylation sites (tertiary alicyclic amines) is 1. The maximum Gasteiger partial charge on any atom is 0.309 e. The SMILES string of the molecule is CCn1ccc(CN2CC[C@H](C(=O)O)[C@H](O)C2)n1. The lowest BCUT2D eigenvalue weighted by molar-refractivity contribution is -0.148. The highest BCUT2D eigenvalue weighted by Gasteiger charge is 2.32. The third kappa shape index (κ3) is 2.88. The fourth-order valence-corrected chi connectivity index (χ4v) is 2.32. The van der Waals surface area contributed by atoms with Crippen LogP contribution in [0.2, 0.25) is 0 Å². The Kier molecular flexibility index (Phi) is 3.98. The molecule has 6 heteroatoms. The van der Waals surface area contributed by atoms with E-state index in [1.807, 2.05) is 28.8 Å². The molecule has 1 saturated heterocycles. The fourth-order valence-electron chi connectivity index (χ4n) is 2.32. The summed E-state index contributed by atoms with van der Waals surface area (Å²) in [6.45, 7) is 4.61. The number of nitrogens with zero attached hydrogens (tertiary/aromatic N) is 3. The van der Waals surface area contributed by atoms with Crippen molar-refractivity contribution in [2.45, 2.75) is 32.5 Å². The molecule has 2 atom stereocenters. The van der Waals surface area contributed by atoms with E-state index in [2.05, 4.69) is 5.10 Å². The van der Waals surface area contributed by atoms with Crippen molar-refractivity contribution in [2.75, 3.05) is 13.1 Å². The first-order chi connectivity index (χ1) is 8.60. The summed E-state index contributed by atoms with van der Waals surface area (Å²) in [5.74, 6) is -1.54. The van der Waals surface area contributed by atoms with Gasteiger partial charge in [0, 0.05) is 25.8 Å². The monoisotopic (exact) mass is 253 g/mol. The highest BCUT2D eigenvalue weighted by Crippen LogP contribution is 2.19. The molecule has 0 saturated carbocycles. The molecule has 0 unspecified atom stereocenters. The normalized spacial score (nSPS) is 25.2. The Bertz CT molecular complexity index is 418. The van der Waals surface area contributed by atoms with Gasteiger partial charge in [-0.15, -0.1) is 0 Å². The molecule has 0 aliphatic carbocycles. The molecule has 18 heavy (non-hydrogen) atoms. The van der Waals surface area contributed by atoms with Crippen LogP contribution >= 0.6 is 0 Å². The van der Waals surface area contributed by atoms with Crippen LogP contribution in [0.15, 0.2) is 12.3 Å². The van der Waals surface area contributed by atoms with Crippen molar-refractivity contribution in [1.29, 1.82) is 0 Å². The number of piperidine rings is 1. The van der Waals surface area contributed by atoms with Crippen molar-refractivity contribution in [2.24, 2.45) is 5.92 Å². The molecule has 0 bridgehead atoms. The number of aryl methyl sites for hydroxylation is 1. The molecular weight excluding hydrogens is 234 g/mol. The maximum atomic E-state index is 10.9. The second kappa shape index (κ2) is 5.49. The van der Waals surface area contributed by atoms with Gasteiger partial charge in [0.15, 0.2) is 0 Å². The van der Waals surface area contributed by atoms with E-state index in [4.69, 9.17) is 5.11 Å². The molecule has 0 amide bonds. The van der Waals surface area contributed by atoms with Crippen LogP contribution in [0.4, 0.5) is 0 Å². The van der Waals surface area contributed by atoms with Gasteiger partial charge < -0.3 is 10.2 Å². The van der Waals surface area contributed by atoms with Gasteiger partial charge >= 0.3 is 5.97 Å². The lowest BCUT2D eigenvalue weighted by atomic mass is 9.94. The molecule has 2 heterocycles. The summed E-state index contributed by atoms with van der Waals surface area (Å²) in [5, 5.41) is 23.1. The molecule has 0 spiro atoms. The number of hydrogen-bond acceptors (Lipinski definition) is 4. The molecule has 1 fully saturated rings. The first kappa shape index (κ1) is 13.0. The Morgan fingerprint density at radius 2 is 2.39 bits per heavy atom. The Hall–Kier alpha value is -1.40. The van der Waals surface area contributed by atoms with Crippen LogP contribution in [0.5, 0.6) is 0 Å². The molecule has 2 rings (SSSR count). The van der Waals surface area contributed by atoms with Gasteiger partial charge in [-0.2, -0.15) is 5.10 Å². The number of carboxylic acid groups (broad SMARTS) is 1. The molecule has 0 radical (unpaired) electrons. The largest absolute Gasteiger partial charge is 0.481 e. The van der Waals surface area contributed by atoms with E-state index < -0.39 is 18.0 Å². The lowest BCUT2D eigenvalue weighted by Crippen LogP contribution is -2.46. The number of carbonyl (C=O) groups is 1. The van der Waals surface area contributed by atoms with Gasteiger partial charge in [-0.1, -0.05) is 0 Å². The molecule has 1 aromatic heterocycles. The number of β-amino-alcohol motifs (C(OH)–C–C–N with tert-alkyl or cyclic N) is 1. The van der Waals surface area contributed by atoms with E-state index in [0.717, 1.165) is 12.2 Å². The smallest absolute Gasteiger partial charge is 0.309 e. The third-order valence-corrected chi connectivity index (χ3v) is 3.39. The summed E-state index contributed by atoms with van der Waals surface area (Å²) in [6.07, 6.45) is 1.63. The van der Waals surface area contributed by atoms with Crippen LogP contribution in [0, 0.1) is 5.92 Å². The number of rotatable bonds is 4. The summed E-state index contributed by atoms with van der Waals surface area (Å²) in [4.78, 5) is 12.9. The number of hydrogen-bond donors (Lipinski definition) is 2. The third-order valence-electron chi connectivity index (χ3n) is 3.39. The Morgan fingerprint density at radius 1 is 1.61 bits per heavy atom. The van der Waals surface area contributed by atoms with Gasteiger partial charge in [0.05, 0.1) is 17.7 Å². The van der Waals surface area contributed by atoms with E-state index in [9.17, 15) is 9.90 Å². The zero-order valence-corrected chi connectivity index (χ0v) is 10.5. The summed E-state index contributed by atoms with van der Waals surface area (Å²) in [7, 11) is 0. The van der Waals surface area contributed by atoms with E-state index in [1.165, 1.54) is 0 Å². The molecule has 1 aliphatic heterocycles. The molecule has 1 aromatic rings. The lowest BCUT2D eigenvalue weighted by Gasteiger charge is -2.33. The van der Waals surface area contributed by atoms with E-state index in [-0.39, 0.29) is 0 Å². The molecule has 2 N–H and O–H groups in total. The van der Waals surface area contributed by atoms with Crippen LogP contribution in [0.3, 0.4) is 0 Å². The van der Waals surface area contributed by atoms with Crippen molar-refractivity contribution >= 4 is 5.97 Å². The van der Waals surface area contributed by atoms with Crippen LogP contribution in [-0.2, 0) is 17.9 Å². The zero-order valence-electron chi connectivity index (χ0n) is 10.5. The number of aliphatic hydroxyl groups excluding tert-OH is 1. The van der Waals surface area contributed by atoms with Gasteiger partial charge in [0.1, 0.15) is 0 Å². The number of aromatic nitrogens is 2. The summed E-state index contributed by atoms with van der Waals surface area (Å²) < 4.78 is 1.86. The summed E-state index contributed by atoms with van der Waals surface area (Å²) in [5.41, 5.74) is 0.956. The Morgan fingerprint density at radius 3 is 2.94 bits per heavy atom. The molecule has 1 aliphatic rings. The highest BCUT2D eigenvalue weighted by molar-refractivity contribution is 5.70. The first-order valence-corrected chi connectivity index (χ1v) is 6.25. The molecular formula is C12H19N3O3. The van der Waals surface area contributed by atoms with Crippen molar-refractivity contribution < 1.29 is 15.0 Å². The number of aliphatic carboxylic acids is 1. The fraction of sp³-hybridized carbons (Fsp3) is 0.667. The van der Waals surface area contributed by atoms with Crippen molar-refractivity contribution in [3.05, 3.63) is 18.0 Å². The standard InChI is InChI=1S/C12H19N3O3/c1-2-15-6-3-9(13-15)7-14-5-4-10(12(17)18)11(16)8-14/h3,6,10-11,16H,2,4-5,7-8H2,1H3,(H,17,18)/t10-,11+/m0/s1. The summed E-state index contributed by atoms with van der Waals surface area (Å²) in [6, 6.07) is 1.96. The average molecular weight is 253 g/mol. The van der Waals surface area contributed by atoms with Gasteiger partial charge in [-0.3, -0.25) is 14.4 Å². The van der Waals surface area contributed by atoms with Crippen molar-refractivity contribution in [3.63, 3.8) is 0 Å². The highest BCUT2D eigenvalue weighted by atomic mass is 16.4. The van der Waals surface area contributed by atoms with Crippen LogP contribution in [0.1, 0.15) is 19.0 Å². The average Bonchev–Trinajstić information content (AvgIpc) is 2.76. The molecule has 100 valence electrons. The minimum atomic E-state index is -0.905. The predicted octanol–water partition coefficient (Wildman–Crippen LogP) is 0.170. The van der Waals surface area contributed by atoms with E-state index >= 15 is 0 Å². The molecule has 6 nitrogen and oxygen atoms in total. The predicted molar refractivity (Wildman–Crippen MR) is 64.9 cm³/mol. The topological polar surface area (TPSA) is 78.6 Å². The number of carboxylic acids is 1. The van der Waals surface area contributed by atoms with Gasteiger partial charge in [-0.25, -0.2) is 0 Å².